The molecule has 0 unspecified atom stereocenters. The molecular weight excluding hydrogens is 434 g/mol. The average Bonchev–Trinajstić information content (AvgIpc) is 3.26. The van der Waals surface area contributed by atoms with E-state index in [1.807, 2.05) is 54.6 Å². The molecule has 0 atom stereocenters. The number of carbonyl (C=O) groups excluding carboxylic acids is 1. The Labute approximate surface area is 197 Å². The molecule has 0 fully saturated rings. The molecule has 0 saturated carbocycles. The molecule has 8 heteroatoms. The second-order valence-corrected chi connectivity index (χ2v) is 8.26. The molecule has 1 N–H and O–H groups in total. The van der Waals surface area contributed by atoms with Gasteiger partial charge >= 0.3 is 0 Å². The highest BCUT2D eigenvalue weighted by Crippen LogP contribution is 2.28. The van der Waals surface area contributed by atoms with Crippen LogP contribution < -0.4 is 5.32 Å². The third kappa shape index (κ3) is 5.85. The van der Waals surface area contributed by atoms with E-state index >= 15 is 0 Å². The van der Waals surface area contributed by atoms with Crippen LogP contribution >= 0.6 is 11.8 Å². The Hall–Kier alpha value is -3.49. The first-order chi connectivity index (χ1) is 16.3. The molecule has 0 aliphatic heterocycles. The Morgan fingerprint density at radius 3 is 2.64 bits per heavy atom. The Bertz CT molecular complexity index is 1180. The summed E-state index contributed by atoms with van der Waals surface area (Å²) >= 11 is 1.56. The van der Waals surface area contributed by atoms with Gasteiger partial charge < -0.3 is 10.1 Å². The number of nitrogens with zero attached hydrogens (tertiary/aromatic N) is 4. The van der Waals surface area contributed by atoms with Crippen molar-refractivity contribution in [2.75, 3.05) is 20.3 Å². The Balaban J connectivity index is 1.58. The molecule has 4 rings (SSSR count). The summed E-state index contributed by atoms with van der Waals surface area (Å²) in [5.41, 5.74) is 3.66. The van der Waals surface area contributed by atoms with Crippen LogP contribution in [-0.2, 0) is 17.0 Å². The molecular formula is C25H25N5O2S. The van der Waals surface area contributed by atoms with E-state index in [4.69, 9.17) is 4.74 Å². The fourth-order valence-corrected chi connectivity index (χ4v) is 4.33. The fraction of sp³-hybridized carbons (Fsp3) is 0.200. The fourth-order valence-electron chi connectivity index (χ4n) is 3.38. The average molecular weight is 460 g/mol. The second-order valence-electron chi connectivity index (χ2n) is 7.31. The number of ether oxygens (including phenoxy) is 1. The number of aromatic nitrogens is 4. The van der Waals surface area contributed by atoms with Crippen LogP contribution in [-0.4, -0.2) is 45.9 Å². The summed E-state index contributed by atoms with van der Waals surface area (Å²) in [6, 6.07) is 21.7. The van der Waals surface area contributed by atoms with E-state index < -0.39 is 0 Å². The van der Waals surface area contributed by atoms with Crippen molar-refractivity contribution >= 4 is 17.7 Å². The van der Waals surface area contributed by atoms with Crippen LogP contribution in [0.5, 0.6) is 0 Å². The summed E-state index contributed by atoms with van der Waals surface area (Å²) in [4.78, 5) is 16.9. The lowest BCUT2D eigenvalue weighted by Crippen LogP contribution is -2.27. The van der Waals surface area contributed by atoms with Gasteiger partial charge in [0, 0.05) is 42.9 Å². The summed E-state index contributed by atoms with van der Waals surface area (Å²) in [6.45, 7) is 1.58. The van der Waals surface area contributed by atoms with Crippen LogP contribution in [0.1, 0.15) is 21.5 Å². The molecule has 1 amide bonds. The molecule has 0 saturated heterocycles. The Morgan fingerprint density at radius 2 is 1.85 bits per heavy atom. The monoisotopic (exact) mass is 459 g/mol. The van der Waals surface area contributed by atoms with Crippen LogP contribution in [0.15, 0.2) is 84.3 Å². The lowest BCUT2D eigenvalue weighted by molar-refractivity contribution is 0.0936. The van der Waals surface area contributed by atoms with Crippen molar-refractivity contribution in [3.8, 4) is 11.4 Å². The quantitative estimate of drug-likeness (QED) is 0.285. The van der Waals surface area contributed by atoms with Crippen LogP contribution in [0.3, 0.4) is 0 Å². The molecule has 4 aromatic rings. The van der Waals surface area contributed by atoms with Gasteiger partial charge in [-0.15, -0.1) is 10.2 Å². The molecule has 0 aliphatic rings. The molecule has 0 bridgehead atoms. The minimum absolute atomic E-state index is 0.106. The van der Waals surface area contributed by atoms with Crippen LogP contribution in [0, 0.1) is 0 Å². The van der Waals surface area contributed by atoms with Crippen LogP contribution in [0.25, 0.3) is 11.4 Å². The highest BCUT2D eigenvalue weighted by Gasteiger charge is 2.17. The minimum atomic E-state index is -0.106. The highest BCUT2D eigenvalue weighted by molar-refractivity contribution is 7.98. The number of pyridine rings is 1. The summed E-state index contributed by atoms with van der Waals surface area (Å²) in [6.07, 6.45) is 3.53. The summed E-state index contributed by atoms with van der Waals surface area (Å²) < 4.78 is 7.12. The van der Waals surface area contributed by atoms with Crippen molar-refractivity contribution in [2.45, 2.75) is 17.5 Å². The SMILES string of the molecule is COCCNC(=O)c1ccccc1CSc1nnc(-c2cccnc2)n1Cc1ccccc1. The van der Waals surface area contributed by atoms with E-state index in [1.165, 1.54) is 0 Å². The molecule has 0 aliphatic carbocycles. The lowest BCUT2D eigenvalue weighted by Gasteiger charge is -2.12. The zero-order valence-electron chi connectivity index (χ0n) is 18.3. The molecule has 7 nitrogen and oxygen atoms in total. The first-order valence-corrected chi connectivity index (χ1v) is 11.6. The molecule has 168 valence electrons. The normalized spacial score (nSPS) is 10.8. The summed E-state index contributed by atoms with van der Waals surface area (Å²) in [7, 11) is 1.61. The number of rotatable bonds is 10. The number of benzene rings is 2. The molecule has 2 aromatic carbocycles. The smallest absolute Gasteiger partial charge is 0.251 e. The highest BCUT2D eigenvalue weighted by atomic mass is 32.2. The third-order valence-corrected chi connectivity index (χ3v) is 6.05. The predicted octanol–water partition coefficient (Wildman–Crippen LogP) is 4.06. The van der Waals surface area contributed by atoms with Crippen molar-refractivity contribution in [2.24, 2.45) is 0 Å². The summed E-state index contributed by atoms with van der Waals surface area (Å²) in [5.74, 6) is 1.25. The molecule has 0 radical (unpaired) electrons. The van der Waals surface area contributed by atoms with E-state index in [1.54, 1.807) is 31.3 Å². The first-order valence-electron chi connectivity index (χ1n) is 10.6. The lowest BCUT2D eigenvalue weighted by atomic mass is 10.1. The van der Waals surface area contributed by atoms with Gasteiger partial charge in [0.1, 0.15) is 0 Å². The Morgan fingerprint density at radius 1 is 1.03 bits per heavy atom. The van der Waals surface area contributed by atoms with Crippen molar-refractivity contribution in [1.82, 2.24) is 25.1 Å². The Kier molecular flexibility index (Phi) is 7.84. The van der Waals surface area contributed by atoms with Crippen molar-refractivity contribution in [1.29, 1.82) is 0 Å². The maximum atomic E-state index is 12.6. The van der Waals surface area contributed by atoms with E-state index in [2.05, 4.69) is 37.2 Å². The van der Waals surface area contributed by atoms with E-state index in [0.717, 1.165) is 27.7 Å². The van der Waals surface area contributed by atoms with Gasteiger partial charge in [-0.25, -0.2) is 0 Å². The van der Waals surface area contributed by atoms with Gasteiger partial charge in [0.15, 0.2) is 11.0 Å². The third-order valence-electron chi connectivity index (χ3n) is 5.03. The number of methoxy groups -OCH3 is 1. The number of nitrogens with one attached hydrogen (secondary N) is 1. The largest absolute Gasteiger partial charge is 0.383 e. The molecule has 0 spiro atoms. The molecule has 2 heterocycles. The number of hydrogen-bond acceptors (Lipinski definition) is 6. The number of thioether (sulfide) groups is 1. The zero-order valence-corrected chi connectivity index (χ0v) is 19.2. The van der Waals surface area contributed by atoms with Crippen LogP contribution in [0.2, 0.25) is 0 Å². The predicted molar refractivity (Wildman–Crippen MR) is 129 cm³/mol. The van der Waals surface area contributed by atoms with E-state index in [0.29, 0.717) is 31.0 Å². The number of hydrogen-bond donors (Lipinski definition) is 1. The second kappa shape index (κ2) is 11.4. The van der Waals surface area contributed by atoms with Gasteiger partial charge in [0.2, 0.25) is 0 Å². The van der Waals surface area contributed by atoms with Crippen molar-refractivity contribution in [3.63, 3.8) is 0 Å². The zero-order chi connectivity index (χ0) is 22.9. The minimum Gasteiger partial charge on any atom is -0.383 e. The maximum absolute atomic E-state index is 12.6. The van der Waals surface area contributed by atoms with Gasteiger partial charge in [-0.3, -0.25) is 14.3 Å². The standard InChI is InChI=1S/C25H25N5O2S/c1-32-15-14-27-24(31)22-12-6-5-10-21(22)18-33-25-29-28-23(20-11-7-13-26-16-20)30(25)17-19-8-3-2-4-9-19/h2-13,16H,14-15,17-18H2,1H3,(H,27,31). The van der Waals surface area contributed by atoms with E-state index in [-0.39, 0.29) is 5.91 Å². The van der Waals surface area contributed by atoms with Crippen molar-refractivity contribution < 1.29 is 9.53 Å². The van der Waals surface area contributed by atoms with Gasteiger partial charge in [-0.2, -0.15) is 0 Å². The first kappa shape index (κ1) is 22.7. The molecule has 33 heavy (non-hydrogen) atoms. The van der Waals surface area contributed by atoms with Gasteiger partial charge in [-0.05, 0) is 29.3 Å². The summed E-state index contributed by atoms with van der Waals surface area (Å²) in [5, 5.41) is 12.6. The maximum Gasteiger partial charge on any atom is 0.251 e. The number of carbonyl (C=O) groups is 1. The van der Waals surface area contributed by atoms with E-state index in [9.17, 15) is 4.79 Å². The van der Waals surface area contributed by atoms with Crippen molar-refractivity contribution in [3.05, 3.63) is 95.8 Å². The van der Waals surface area contributed by atoms with Gasteiger partial charge in [0.25, 0.3) is 5.91 Å². The van der Waals surface area contributed by atoms with Gasteiger partial charge in [-0.1, -0.05) is 60.3 Å². The van der Waals surface area contributed by atoms with Crippen LogP contribution in [0.4, 0.5) is 0 Å². The molecule has 2 aromatic heterocycles. The number of amides is 1. The topological polar surface area (TPSA) is 81.9 Å². The van der Waals surface area contributed by atoms with Gasteiger partial charge in [0.05, 0.1) is 13.2 Å².